The molecule has 0 aliphatic heterocycles. The SMILES string of the molecule is CCOC(COc1ccc(CO)cc1OC)C(=O)O. The van der Waals surface area contributed by atoms with E-state index in [1.807, 2.05) is 0 Å². The van der Waals surface area contributed by atoms with Gasteiger partial charge in [0.1, 0.15) is 6.61 Å². The zero-order valence-corrected chi connectivity index (χ0v) is 11.0. The van der Waals surface area contributed by atoms with E-state index in [0.29, 0.717) is 23.7 Å². The predicted octanol–water partition coefficient (Wildman–Crippen LogP) is 1.06. The van der Waals surface area contributed by atoms with E-state index in [1.165, 1.54) is 7.11 Å². The van der Waals surface area contributed by atoms with Crippen LogP contribution >= 0.6 is 0 Å². The number of carboxylic acids is 1. The van der Waals surface area contributed by atoms with Gasteiger partial charge in [0.15, 0.2) is 17.6 Å². The summed E-state index contributed by atoms with van der Waals surface area (Å²) in [5.74, 6) is -0.231. The minimum atomic E-state index is -1.08. The van der Waals surface area contributed by atoms with Gasteiger partial charge >= 0.3 is 5.97 Å². The minimum Gasteiger partial charge on any atom is -0.493 e. The molecule has 0 fully saturated rings. The number of aliphatic hydroxyl groups excluding tert-OH is 1. The van der Waals surface area contributed by atoms with E-state index >= 15 is 0 Å². The van der Waals surface area contributed by atoms with Crippen molar-refractivity contribution in [2.45, 2.75) is 19.6 Å². The van der Waals surface area contributed by atoms with Gasteiger partial charge in [0.2, 0.25) is 0 Å². The number of ether oxygens (including phenoxy) is 3. The van der Waals surface area contributed by atoms with Gasteiger partial charge in [-0.1, -0.05) is 6.07 Å². The molecule has 6 heteroatoms. The Kier molecular flexibility index (Phi) is 6.11. The molecule has 6 nitrogen and oxygen atoms in total. The molecule has 0 heterocycles. The largest absolute Gasteiger partial charge is 0.493 e. The van der Waals surface area contributed by atoms with Gasteiger partial charge in [-0.2, -0.15) is 0 Å². The molecule has 0 spiro atoms. The first-order chi connectivity index (χ1) is 9.12. The molecule has 0 saturated heterocycles. The van der Waals surface area contributed by atoms with E-state index in [-0.39, 0.29) is 13.2 Å². The minimum absolute atomic E-state index is 0.104. The van der Waals surface area contributed by atoms with Crippen LogP contribution in [-0.2, 0) is 16.1 Å². The first kappa shape index (κ1) is 15.3. The Morgan fingerprint density at radius 1 is 1.37 bits per heavy atom. The summed E-state index contributed by atoms with van der Waals surface area (Å²) in [5, 5.41) is 17.9. The average Bonchev–Trinajstić information content (AvgIpc) is 2.42. The first-order valence-electron chi connectivity index (χ1n) is 5.87. The van der Waals surface area contributed by atoms with Crippen molar-refractivity contribution in [1.82, 2.24) is 0 Å². The number of hydrogen-bond acceptors (Lipinski definition) is 5. The number of benzene rings is 1. The molecule has 106 valence electrons. The molecule has 1 aromatic rings. The summed E-state index contributed by atoms with van der Waals surface area (Å²) in [4.78, 5) is 10.9. The summed E-state index contributed by atoms with van der Waals surface area (Å²) < 4.78 is 15.5. The standard InChI is InChI=1S/C13H18O6/c1-3-18-12(13(15)16)8-19-10-5-4-9(7-14)6-11(10)17-2/h4-6,12,14H,3,7-8H2,1-2H3,(H,15,16). The first-order valence-corrected chi connectivity index (χ1v) is 5.87. The Morgan fingerprint density at radius 2 is 2.11 bits per heavy atom. The molecule has 1 atom stereocenters. The van der Waals surface area contributed by atoms with Crippen molar-refractivity contribution in [2.24, 2.45) is 0 Å². The Labute approximate surface area is 111 Å². The van der Waals surface area contributed by atoms with Gasteiger partial charge in [0.25, 0.3) is 0 Å². The fourth-order valence-electron chi connectivity index (χ4n) is 1.49. The maximum Gasteiger partial charge on any atom is 0.336 e. The van der Waals surface area contributed by atoms with Crippen LogP contribution in [0.4, 0.5) is 0 Å². The summed E-state index contributed by atoms with van der Waals surface area (Å²) in [6.45, 7) is 1.79. The Bertz CT molecular complexity index is 418. The smallest absolute Gasteiger partial charge is 0.336 e. The summed E-state index contributed by atoms with van der Waals surface area (Å²) in [6, 6.07) is 4.93. The number of rotatable bonds is 8. The maximum absolute atomic E-state index is 10.9. The zero-order valence-electron chi connectivity index (χ0n) is 11.0. The van der Waals surface area contributed by atoms with Crippen LogP contribution in [0.3, 0.4) is 0 Å². The maximum atomic E-state index is 10.9. The second-order valence-corrected chi connectivity index (χ2v) is 3.74. The molecule has 0 bridgehead atoms. The molecule has 1 rings (SSSR count). The average molecular weight is 270 g/mol. The Morgan fingerprint density at radius 3 is 2.63 bits per heavy atom. The van der Waals surface area contributed by atoms with E-state index in [9.17, 15) is 4.79 Å². The van der Waals surface area contributed by atoms with Crippen LogP contribution in [-0.4, -0.2) is 42.6 Å². The highest BCUT2D eigenvalue weighted by molar-refractivity contribution is 5.72. The Hall–Kier alpha value is -1.79. The fourth-order valence-corrected chi connectivity index (χ4v) is 1.49. The molecule has 0 saturated carbocycles. The van der Waals surface area contributed by atoms with E-state index in [1.54, 1.807) is 25.1 Å². The van der Waals surface area contributed by atoms with Crippen molar-refractivity contribution in [3.05, 3.63) is 23.8 Å². The lowest BCUT2D eigenvalue weighted by atomic mass is 10.2. The van der Waals surface area contributed by atoms with Crippen LogP contribution in [0.25, 0.3) is 0 Å². The zero-order chi connectivity index (χ0) is 14.3. The normalized spacial score (nSPS) is 11.9. The molecule has 2 N–H and O–H groups in total. The molecule has 0 amide bonds. The van der Waals surface area contributed by atoms with E-state index in [0.717, 1.165) is 0 Å². The number of aliphatic hydroxyl groups is 1. The van der Waals surface area contributed by atoms with Crippen molar-refractivity contribution in [1.29, 1.82) is 0 Å². The molecule has 19 heavy (non-hydrogen) atoms. The lowest BCUT2D eigenvalue weighted by molar-refractivity contribution is -0.152. The third-order valence-electron chi connectivity index (χ3n) is 2.44. The highest BCUT2D eigenvalue weighted by Gasteiger charge is 2.19. The summed E-state index contributed by atoms with van der Waals surface area (Å²) in [6.07, 6.45) is -1.02. The van der Waals surface area contributed by atoms with Gasteiger partial charge in [-0.05, 0) is 24.6 Å². The topological polar surface area (TPSA) is 85.2 Å². The van der Waals surface area contributed by atoms with Gasteiger partial charge < -0.3 is 24.4 Å². The van der Waals surface area contributed by atoms with Crippen molar-refractivity contribution in [3.8, 4) is 11.5 Å². The van der Waals surface area contributed by atoms with Gasteiger partial charge in [-0.25, -0.2) is 4.79 Å². The molecule has 0 aliphatic carbocycles. The highest BCUT2D eigenvalue weighted by atomic mass is 16.6. The highest BCUT2D eigenvalue weighted by Crippen LogP contribution is 2.28. The predicted molar refractivity (Wildman–Crippen MR) is 67.5 cm³/mol. The quantitative estimate of drug-likeness (QED) is 0.734. The van der Waals surface area contributed by atoms with Crippen molar-refractivity contribution < 1.29 is 29.2 Å². The molecular formula is C13H18O6. The molecule has 0 aliphatic rings. The van der Waals surface area contributed by atoms with Crippen LogP contribution in [0.1, 0.15) is 12.5 Å². The molecule has 1 aromatic carbocycles. The second kappa shape index (κ2) is 7.60. The van der Waals surface area contributed by atoms with Crippen LogP contribution in [0.2, 0.25) is 0 Å². The summed E-state index contributed by atoms with van der Waals surface area (Å²) in [5.41, 5.74) is 0.684. The number of hydrogen-bond donors (Lipinski definition) is 2. The van der Waals surface area contributed by atoms with Gasteiger partial charge in [-0.3, -0.25) is 0 Å². The number of aliphatic carboxylic acids is 1. The van der Waals surface area contributed by atoms with Gasteiger partial charge in [0.05, 0.1) is 13.7 Å². The lowest BCUT2D eigenvalue weighted by Crippen LogP contribution is -2.30. The van der Waals surface area contributed by atoms with Gasteiger partial charge in [-0.15, -0.1) is 0 Å². The third kappa shape index (κ3) is 4.42. The Balaban J connectivity index is 2.73. The molecular weight excluding hydrogens is 252 g/mol. The third-order valence-corrected chi connectivity index (χ3v) is 2.44. The lowest BCUT2D eigenvalue weighted by Gasteiger charge is -2.15. The van der Waals surface area contributed by atoms with E-state index in [2.05, 4.69) is 0 Å². The monoisotopic (exact) mass is 270 g/mol. The van der Waals surface area contributed by atoms with Crippen LogP contribution in [0.5, 0.6) is 11.5 Å². The van der Waals surface area contributed by atoms with Crippen LogP contribution < -0.4 is 9.47 Å². The summed E-state index contributed by atoms with van der Waals surface area (Å²) >= 11 is 0. The number of methoxy groups -OCH3 is 1. The van der Waals surface area contributed by atoms with Gasteiger partial charge in [0, 0.05) is 6.61 Å². The van der Waals surface area contributed by atoms with E-state index in [4.69, 9.17) is 24.4 Å². The fraction of sp³-hybridized carbons (Fsp3) is 0.462. The molecule has 0 aromatic heterocycles. The molecule has 0 radical (unpaired) electrons. The van der Waals surface area contributed by atoms with E-state index < -0.39 is 12.1 Å². The van der Waals surface area contributed by atoms with Crippen molar-refractivity contribution in [2.75, 3.05) is 20.3 Å². The second-order valence-electron chi connectivity index (χ2n) is 3.74. The van der Waals surface area contributed by atoms with Crippen molar-refractivity contribution >= 4 is 5.97 Å². The van der Waals surface area contributed by atoms with Crippen molar-refractivity contribution in [3.63, 3.8) is 0 Å². The number of carboxylic acid groups (broad SMARTS) is 1. The molecule has 1 unspecified atom stereocenters. The summed E-state index contributed by atoms with van der Waals surface area (Å²) in [7, 11) is 1.47. The van der Waals surface area contributed by atoms with Crippen LogP contribution in [0, 0.1) is 0 Å². The van der Waals surface area contributed by atoms with Crippen LogP contribution in [0.15, 0.2) is 18.2 Å². The number of carbonyl (C=O) groups is 1.